The van der Waals surface area contributed by atoms with Crippen LogP contribution in [0.5, 0.6) is 0 Å². The van der Waals surface area contributed by atoms with E-state index in [4.69, 9.17) is 24.1 Å². The summed E-state index contributed by atoms with van der Waals surface area (Å²) in [6, 6.07) is 0. The number of carbonyl (C=O) groups is 8. The molecule has 5 N–H and O–H groups in total. The van der Waals surface area contributed by atoms with Crippen LogP contribution in [0.2, 0.25) is 0 Å². The van der Waals surface area contributed by atoms with Crippen LogP contribution in [0.3, 0.4) is 0 Å². The van der Waals surface area contributed by atoms with Gasteiger partial charge >= 0.3 is 17.9 Å². The van der Waals surface area contributed by atoms with E-state index in [0.29, 0.717) is 76.2 Å². The van der Waals surface area contributed by atoms with Gasteiger partial charge in [-0.15, -0.1) is 0 Å². The summed E-state index contributed by atoms with van der Waals surface area (Å²) in [5, 5.41) is 33.7. The molecule has 2 aliphatic heterocycles. The number of carboxylic acid groups (broad SMARTS) is 3. The lowest BCUT2D eigenvalue weighted by molar-refractivity contribution is -0.145. The summed E-state index contributed by atoms with van der Waals surface area (Å²) in [5.74, 6) is -4.03. The Morgan fingerprint density at radius 1 is 0.481 bits per heavy atom. The molecule has 3 aliphatic rings. The second-order valence-electron chi connectivity index (χ2n) is 20.4. The van der Waals surface area contributed by atoms with E-state index in [1.54, 1.807) is 43.2 Å². The molecule has 2 amide bonds. The van der Waals surface area contributed by atoms with Crippen LogP contribution in [0.15, 0.2) is 0 Å². The molecule has 23 heteroatoms. The average Bonchev–Trinajstić information content (AvgIpc) is 4.20. The lowest BCUT2D eigenvalue weighted by Gasteiger charge is -2.28. The molecule has 1 spiro atoms. The van der Waals surface area contributed by atoms with Crippen LogP contribution in [-0.4, -0.2) is 136 Å². The Morgan fingerprint density at radius 2 is 1.03 bits per heavy atom. The molecule has 3 rings (SSSR count). The Kier molecular flexibility index (Phi) is 39.7. The van der Waals surface area contributed by atoms with Crippen molar-refractivity contribution in [1.29, 1.82) is 0 Å². The number of carboxylic acids is 3. The monoisotopic (exact) mass is 1200 g/mol. The molecule has 2 saturated heterocycles. The number of rotatable bonds is 51. The third-order valence-corrected chi connectivity index (χ3v) is 27.8. The molecule has 2 atom stereocenters. The van der Waals surface area contributed by atoms with Crippen LogP contribution in [-0.2, 0) is 57.3 Å². The lowest BCUT2D eigenvalue weighted by atomic mass is 9.76. The van der Waals surface area contributed by atoms with Crippen LogP contribution in [0.25, 0.3) is 0 Å². The molecule has 0 radical (unpaired) electrons. The molecule has 442 valence electrons. The fourth-order valence-electron chi connectivity index (χ4n) is 9.21. The van der Waals surface area contributed by atoms with Crippen LogP contribution >= 0.6 is 64.8 Å². The number of nitrogens with one attached hydrogen (secondary N) is 2. The Bertz CT molecular complexity index is 1710. The van der Waals surface area contributed by atoms with Crippen LogP contribution in [0.4, 0.5) is 0 Å². The van der Waals surface area contributed by atoms with Gasteiger partial charge in [-0.1, -0.05) is 127 Å². The zero-order chi connectivity index (χ0) is 55.8. The van der Waals surface area contributed by atoms with E-state index < -0.39 is 29.7 Å². The maximum absolute atomic E-state index is 13.1. The number of ether oxygens (including phenoxy) is 4. The highest BCUT2D eigenvalue weighted by Gasteiger charge is 2.53. The highest BCUT2D eigenvalue weighted by Crippen LogP contribution is 2.84. The van der Waals surface area contributed by atoms with Gasteiger partial charge in [0.15, 0.2) is 8.53 Å². The van der Waals surface area contributed by atoms with E-state index in [0.717, 1.165) is 51.4 Å². The van der Waals surface area contributed by atoms with Crippen molar-refractivity contribution in [1.82, 2.24) is 10.6 Å². The number of hydrogen-bond donors (Lipinski definition) is 5. The molecule has 17 nitrogen and oxygen atoms in total. The molecule has 2 heterocycles. The minimum absolute atomic E-state index is 0.00575. The van der Waals surface area contributed by atoms with Gasteiger partial charge in [-0.3, -0.25) is 38.4 Å². The van der Waals surface area contributed by atoms with Gasteiger partial charge in [-0.05, 0) is 98.1 Å². The van der Waals surface area contributed by atoms with Gasteiger partial charge in [0.2, 0.25) is 11.8 Å². The minimum atomic E-state index is -1.08. The molecule has 0 unspecified atom stereocenters. The van der Waals surface area contributed by atoms with Crippen molar-refractivity contribution >= 4 is 112 Å². The maximum atomic E-state index is 13.1. The van der Waals surface area contributed by atoms with Crippen LogP contribution in [0.1, 0.15) is 193 Å². The third-order valence-electron chi connectivity index (χ3n) is 13.9. The number of unbranched alkanes of at least 4 members (excludes halogenated alkanes) is 14. The Labute approximate surface area is 481 Å². The fourth-order valence-corrected chi connectivity index (χ4v) is 23.0. The Hall–Kier alpha value is -1.70. The highest BCUT2D eigenvalue weighted by atomic mass is 33.2. The first kappa shape index (κ1) is 69.6. The summed E-state index contributed by atoms with van der Waals surface area (Å²) >= 11 is 0. The topological polar surface area (TPSA) is 258 Å². The number of Topliss-reactive ketones (excluding diaryl/α,β-unsaturated/α-hetero) is 3. The van der Waals surface area contributed by atoms with Gasteiger partial charge in [0.1, 0.15) is 24.8 Å². The van der Waals surface area contributed by atoms with Crippen molar-refractivity contribution in [2.75, 3.05) is 65.9 Å². The molecule has 0 aromatic heterocycles. The predicted molar refractivity (Wildman–Crippen MR) is 312 cm³/mol. The third kappa shape index (κ3) is 35.7. The summed E-state index contributed by atoms with van der Waals surface area (Å²) in [6.45, 7) is 2.04. The first-order valence-electron chi connectivity index (χ1n) is 28.4. The molecule has 3 fully saturated rings. The smallest absolute Gasteiger partial charge is 0.308 e. The van der Waals surface area contributed by atoms with Crippen molar-refractivity contribution in [2.24, 2.45) is 23.7 Å². The van der Waals surface area contributed by atoms with Crippen molar-refractivity contribution in [3.63, 3.8) is 0 Å². The van der Waals surface area contributed by atoms with E-state index in [1.807, 2.05) is 21.6 Å². The zero-order valence-electron chi connectivity index (χ0n) is 45.4. The quantitative estimate of drug-likeness (QED) is 0.0215. The molecule has 77 heavy (non-hydrogen) atoms. The molecule has 0 aromatic rings. The number of amides is 2. The normalized spacial score (nSPS) is 17.9. The molecule has 1 aliphatic carbocycles. The van der Waals surface area contributed by atoms with Gasteiger partial charge in [0.05, 0.1) is 49.5 Å². The van der Waals surface area contributed by atoms with Crippen molar-refractivity contribution in [2.45, 2.75) is 200 Å². The zero-order valence-corrected chi connectivity index (χ0v) is 50.3. The number of aliphatic carboxylic acids is 3. The van der Waals surface area contributed by atoms with Gasteiger partial charge in [-0.25, -0.2) is 0 Å². The molecule has 1 saturated carbocycles. The van der Waals surface area contributed by atoms with Gasteiger partial charge in [0, 0.05) is 64.1 Å². The van der Waals surface area contributed by atoms with Crippen molar-refractivity contribution < 1.29 is 72.6 Å². The van der Waals surface area contributed by atoms with Gasteiger partial charge in [0.25, 0.3) is 0 Å². The first-order chi connectivity index (χ1) is 37.3. The molecule has 0 bridgehead atoms. The number of hydrogen-bond acceptors (Lipinski definition) is 18. The minimum Gasteiger partial charge on any atom is -0.481 e. The molecular weight excluding hydrogens is 1110 g/mol. The number of ketones is 3. The SMILES string of the molecule is O=C(O)CCCCCCCCCCCCCCCCC(=O)CCC1CCC(C(=O)C[C@@H](CCC(=O)NCCOCCOCC(=O)CCCOCCOCC(=O)NCCCC[C@@H](C(=O)O)C2SSC3(SS2)SS3)C(=O)O)CC1. The molecule has 0 aromatic carbocycles. The summed E-state index contributed by atoms with van der Waals surface area (Å²) in [7, 11) is 10.5. The highest BCUT2D eigenvalue weighted by molar-refractivity contribution is 9.14. The molecular formula is C54H90N2O15S6. The van der Waals surface area contributed by atoms with Gasteiger partial charge < -0.3 is 44.9 Å². The van der Waals surface area contributed by atoms with E-state index >= 15 is 0 Å². The lowest BCUT2D eigenvalue weighted by Crippen LogP contribution is -2.30. The van der Waals surface area contributed by atoms with E-state index in [2.05, 4.69) is 10.6 Å². The average molecular weight is 1200 g/mol. The summed E-state index contributed by atoms with van der Waals surface area (Å²) in [6.07, 6.45) is 24.4. The standard InChI is InChI=1S/C54H90N2O15S6/c57-44(18-13-11-9-7-5-3-1-2-4-6-8-10-12-14-21-50(62)63)28-24-41-22-25-42(26-23-41)47(59)38-43(51(64)65)27-29-48(60)56-31-33-69-35-36-70-39-45(58)19-17-32-68-34-37-71-40-49(61)55-30-16-15-20-46(52(66)67)53-72-74-54(75-73-53)76-77-54/h41-43,46,53H,1-40H2,(H,55,61)(H,56,60)(H,62,63)(H,64,65)(H,66,67)/t41?,42?,43-,46+/m1/s1. The van der Waals surface area contributed by atoms with Crippen LogP contribution < -0.4 is 10.6 Å². The predicted octanol–water partition coefficient (Wildman–Crippen LogP) is 11.5. The Balaban J connectivity index is 1.04. The van der Waals surface area contributed by atoms with Crippen molar-refractivity contribution in [3.8, 4) is 0 Å². The largest absolute Gasteiger partial charge is 0.481 e. The van der Waals surface area contributed by atoms with Crippen LogP contribution in [0, 0.1) is 23.7 Å². The van der Waals surface area contributed by atoms with E-state index in [9.17, 15) is 48.6 Å². The van der Waals surface area contributed by atoms with E-state index in [1.165, 1.54) is 57.8 Å². The summed E-state index contributed by atoms with van der Waals surface area (Å²) in [4.78, 5) is 96.8. The summed E-state index contributed by atoms with van der Waals surface area (Å²) in [5.41, 5.74) is 0. The van der Waals surface area contributed by atoms with Crippen molar-refractivity contribution in [3.05, 3.63) is 0 Å². The Morgan fingerprint density at radius 3 is 1.61 bits per heavy atom. The second-order valence-corrected chi connectivity index (χ2v) is 29.9. The fraction of sp³-hybridized carbons (Fsp3) is 0.852. The maximum Gasteiger partial charge on any atom is 0.308 e. The second kappa shape index (κ2) is 44.0. The first-order valence-corrected chi connectivity index (χ1v) is 35.0. The number of carbonyl (C=O) groups excluding carboxylic acids is 5. The van der Waals surface area contributed by atoms with Gasteiger partial charge in [-0.2, -0.15) is 0 Å². The summed E-state index contributed by atoms with van der Waals surface area (Å²) < 4.78 is 21.9. The van der Waals surface area contributed by atoms with E-state index in [-0.39, 0.29) is 122 Å².